The summed E-state index contributed by atoms with van der Waals surface area (Å²) in [6.07, 6.45) is 3.68. The van der Waals surface area contributed by atoms with Crippen LogP contribution in [0.2, 0.25) is 0 Å². The highest BCUT2D eigenvalue weighted by Crippen LogP contribution is 2.34. The van der Waals surface area contributed by atoms with Gasteiger partial charge in [0, 0.05) is 61.0 Å². The average Bonchev–Trinajstić information content (AvgIpc) is 3.26. The number of para-hydroxylation sites is 1. The third kappa shape index (κ3) is 4.70. The van der Waals surface area contributed by atoms with Crippen molar-refractivity contribution in [2.24, 2.45) is 11.8 Å². The highest BCUT2D eigenvalue weighted by atomic mass is 16.2. The molecule has 2 bridgehead atoms. The van der Waals surface area contributed by atoms with Crippen molar-refractivity contribution in [3.05, 3.63) is 70.3 Å². The lowest BCUT2D eigenvalue weighted by Crippen LogP contribution is -2.57. The fourth-order valence-corrected chi connectivity index (χ4v) is 5.59. The van der Waals surface area contributed by atoms with Gasteiger partial charge in [0.2, 0.25) is 5.91 Å². The van der Waals surface area contributed by atoms with E-state index in [4.69, 9.17) is 0 Å². The molecule has 0 unspecified atom stereocenters. The summed E-state index contributed by atoms with van der Waals surface area (Å²) < 4.78 is 1.85. The molecule has 1 fully saturated rings. The summed E-state index contributed by atoms with van der Waals surface area (Å²) in [6.45, 7) is 6.17. The molecule has 3 atom stereocenters. The Bertz CT molecular complexity index is 1290. The topological polar surface area (TPSA) is 99.2 Å². The van der Waals surface area contributed by atoms with Crippen LogP contribution in [0.3, 0.4) is 0 Å². The minimum absolute atomic E-state index is 0.0271. The van der Waals surface area contributed by atoms with Gasteiger partial charge in [-0.05, 0) is 42.4 Å². The molecule has 1 saturated heterocycles. The van der Waals surface area contributed by atoms with E-state index in [1.165, 1.54) is 0 Å². The van der Waals surface area contributed by atoms with Crippen LogP contribution in [0.5, 0.6) is 0 Å². The number of piperidine rings is 1. The molecular formula is C27H33N5O3. The monoisotopic (exact) mass is 475 g/mol. The molecule has 2 aromatic heterocycles. The van der Waals surface area contributed by atoms with Crippen molar-refractivity contribution in [2.45, 2.75) is 45.2 Å². The average molecular weight is 476 g/mol. The minimum Gasteiger partial charge on any atom is -0.361 e. The normalized spacial score (nSPS) is 19.9. The predicted molar refractivity (Wildman–Crippen MR) is 135 cm³/mol. The number of pyridine rings is 1. The summed E-state index contributed by atoms with van der Waals surface area (Å²) in [5, 5.41) is 7.16. The predicted octanol–water partition coefficient (Wildman–Crippen LogP) is 2.84. The number of nitrogens with zero attached hydrogens (tertiary/aromatic N) is 2. The Labute approximate surface area is 204 Å². The number of aromatic amines is 1. The van der Waals surface area contributed by atoms with Gasteiger partial charge in [0.15, 0.2) is 0 Å². The van der Waals surface area contributed by atoms with Crippen molar-refractivity contribution in [3.8, 4) is 0 Å². The zero-order valence-corrected chi connectivity index (χ0v) is 20.3. The van der Waals surface area contributed by atoms with Crippen molar-refractivity contribution in [1.82, 2.24) is 25.1 Å². The zero-order valence-electron chi connectivity index (χ0n) is 20.3. The number of urea groups is 1. The molecule has 0 radical (unpaired) electrons. The Morgan fingerprint density at radius 2 is 1.91 bits per heavy atom. The lowest BCUT2D eigenvalue weighted by molar-refractivity contribution is -0.123. The summed E-state index contributed by atoms with van der Waals surface area (Å²) in [7, 11) is 0. The first-order chi connectivity index (χ1) is 16.9. The molecule has 0 spiro atoms. The second-order valence-electron chi connectivity index (χ2n) is 10.2. The molecule has 0 aliphatic carbocycles. The minimum atomic E-state index is -0.609. The van der Waals surface area contributed by atoms with Crippen LogP contribution in [0.15, 0.2) is 53.5 Å². The van der Waals surface area contributed by atoms with Crippen molar-refractivity contribution in [1.29, 1.82) is 0 Å². The Morgan fingerprint density at radius 1 is 1.09 bits per heavy atom. The molecule has 35 heavy (non-hydrogen) atoms. The number of aromatic nitrogens is 2. The molecule has 1 aromatic carbocycles. The molecule has 3 amide bonds. The van der Waals surface area contributed by atoms with E-state index >= 15 is 0 Å². The number of carbonyl (C=O) groups excluding carboxylic acids is 2. The second-order valence-corrected chi connectivity index (χ2v) is 10.2. The van der Waals surface area contributed by atoms with Crippen LogP contribution in [-0.2, 0) is 17.8 Å². The number of likely N-dealkylation sites (tertiary alicyclic amines) is 1. The Balaban J connectivity index is 1.19. The molecule has 5 rings (SSSR count). The largest absolute Gasteiger partial charge is 0.361 e. The molecule has 8 heteroatoms. The first kappa shape index (κ1) is 23.2. The van der Waals surface area contributed by atoms with E-state index < -0.39 is 6.04 Å². The number of H-pyrrole nitrogens is 1. The van der Waals surface area contributed by atoms with E-state index in [9.17, 15) is 14.4 Å². The van der Waals surface area contributed by atoms with Gasteiger partial charge in [0.05, 0.1) is 0 Å². The van der Waals surface area contributed by atoms with Crippen LogP contribution in [0, 0.1) is 11.8 Å². The standard InChI is InChI=1S/C27H33N5O3/c1-17(2)25(26(34)28-11-10-19-13-29-22-7-4-3-6-21(19)22)30-27(35)31-14-18-12-20(16-31)23-8-5-9-24(33)32(23)15-18/h3-9,13,17-18,20,25,29H,10-12,14-16H2,1-2H3,(H,28,34)(H,30,35)/t18-,20+,25+/m1/s1. The van der Waals surface area contributed by atoms with Crippen LogP contribution < -0.4 is 16.2 Å². The summed E-state index contributed by atoms with van der Waals surface area (Å²) in [5.74, 6) is 0.178. The molecule has 0 saturated carbocycles. The smallest absolute Gasteiger partial charge is 0.318 e. The van der Waals surface area contributed by atoms with E-state index in [-0.39, 0.29) is 35.3 Å². The number of hydrogen-bond donors (Lipinski definition) is 3. The highest BCUT2D eigenvalue weighted by Gasteiger charge is 2.37. The zero-order chi connectivity index (χ0) is 24.5. The highest BCUT2D eigenvalue weighted by molar-refractivity contribution is 5.87. The first-order valence-corrected chi connectivity index (χ1v) is 12.5. The molecule has 4 heterocycles. The maximum Gasteiger partial charge on any atom is 0.318 e. The summed E-state index contributed by atoms with van der Waals surface area (Å²) >= 11 is 0. The van der Waals surface area contributed by atoms with Gasteiger partial charge < -0.3 is 25.1 Å². The van der Waals surface area contributed by atoms with Gasteiger partial charge in [-0.3, -0.25) is 9.59 Å². The number of amides is 3. The number of hydrogen-bond acceptors (Lipinski definition) is 3. The van der Waals surface area contributed by atoms with Crippen LogP contribution >= 0.6 is 0 Å². The van der Waals surface area contributed by atoms with Gasteiger partial charge in [-0.15, -0.1) is 0 Å². The van der Waals surface area contributed by atoms with Crippen molar-refractivity contribution >= 4 is 22.8 Å². The van der Waals surface area contributed by atoms with Crippen LogP contribution in [0.25, 0.3) is 10.9 Å². The van der Waals surface area contributed by atoms with Crippen LogP contribution in [0.4, 0.5) is 4.79 Å². The van der Waals surface area contributed by atoms with Crippen molar-refractivity contribution in [3.63, 3.8) is 0 Å². The van der Waals surface area contributed by atoms with Gasteiger partial charge in [-0.1, -0.05) is 38.1 Å². The Hall–Kier alpha value is -3.55. The molecule has 3 aromatic rings. The summed E-state index contributed by atoms with van der Waals surface area (Å²) in [4.78, 5) is 43.5. The summed E-state index contributed by atoms with van der Waals surface area (Å²) in [5.41, 5.74) is 3.27. The molecular weight excluding hydrogens is 442 g/mol. The van der Waals surface area contributed by atoms with Gasteiger partial charge in [-0.25, -0.2) is 4.79 Å². The molecule has 184 valence electrons. The SMILES string of the molecule is CC(C)[C@H](NC(=O)N1C[C@H]2C[C@@H](C1)c1cccc(=O)n1C2)C(=O)NCCc1c[nH]c2ccccc12. The van der Waals surface area contributed by atoms with Crippen LogP contribution in [-0.4, -0.2) is 52.1 Å². The number of fused-ring (bicyclic) bond motifs is 5. The quantitative estimate of drug-likeness (QED) is 0.511. The number of carbonyl (C=O) groups is 2. The molecule has 2 aliphatic heterocycles. The molecule has 2 aliphatic rings. The van der Waals surface area contributed by atoms with Crippen LogP contribution in [0.1, 0.15) is 37.4 Å². The second kappa shape index (κ2) is 9.60. The van der Waals surface area contributed by atoms with Gasteiger partial charge in [0.1, 0.15) is 6.04 Å². The molecule has 8 nitrogen and oxygen atoms in total. The third-order valence-corrected chi connectivity index (χ3v) is 7.36. The van der Waals surface area contributed by atoms with Gasteiger partial charge in [-0.2, -0.15) is 0 Å². The fourth-order valence-electron chi connectivity index (χ4n) is 5.59. The van der Waals surface area contributed by atoms with E-state index in [2.05, 4.69) is 21.7 Å². The fraction of sp³-hybridized carbons (Fsp3) is 0.444. The third-order valence-electron chi connectivity index (χ3n) is 7.36. The lowest BCUT2D eigenvalue weighted by Gasteiger charge is -2.43. The van der Waals surface area contributed by atoms with Crippen molar-refractivity contribution in [2.75, 3.05) is 19.6 Å². The van der Waals surface area contributed by atoms with E-state index in [1.807, 2.05) is 53.8 Å². The van der Waals surface area contributed by atoms with Crippen molar-refractivity contribution < 1.29 is 9.59 Å². The molecule has 3 N–H and O–H groups in total. The maximum atomic E-state index is 13.2. The number of benzene rings is 1. The number of nitrogens with one attached hydrogen (secondary N) is 3. The first-order valence-electron chi connectivity index (χ1n) is 12.5. The maximum absolute atomic E-state index is 13.2. The van der Waals surface area contributed by atoms with Gasteiger partial charge >= 0.3 is 6.03 Å². The van der Waals surface area contributed by atoms with E-state index in [0.29, 0.717) is 32.6 Å². The number of rotatable bonds is 6. The summed E-state index contributed by atoms with van der Waals surface area (Å²) in [6, 6.07) is 12.7. The van der Waals surface area contributed by atoms with Gasteiger partial charge in [0.25, 0.3) is 5.56 Å². The Kier molecular flexibility index (Phi) is 6.36. The Morgan fingerprint density at radius 3 is 2.74 bits per heavy atom. The van der Waals surface area contributed by atoms with E-state index in [1.54, 1.807) is 12.1 Å². The van der Waals surface area contributed by atoms with E-state index in [0.717, 1.165) is 28.6 Å². The lowest BCUT2D eigenvalue weighted by atomic mass is 9.83.